The molecule has 0 amide bonds. The highest BCUT2D eigenvalue weighted by atomic mass is 127. The van der Waals surface area contributed by atoms with Gasteiger partial charge < -0.3 is 0 Å². The second-order valence-electron chi connectivity index (χ2n) is 4.28. The molecule has 0 heterocycles. The lowest BCUT2D eigenvalue weighted by molar-refractivity contribution is 0.503. The Bertz CT molecular complexity index is 322. The molecule has 1 heteroatoms. The summed E-state index contributed by atoms with van der Waals surface area (Å²) < 4.78 is 0.824. The molecule has 0 nitrogen and oxygen atoms in total. The molecule has 3 aliphatic carbocycles. The predicted molar refractivity (Wildman–Crippen MR) is 63.9 cm³/mol. The smallest absolute Gasteiger partial charge is 0.0324 e. The summed E-state index contributed by atoms with van der Waals surface area (Å²) in [6.07, 6.45) is 13.6. The van der Waals surface area contributed by atoms with E-state index in [1.165, 1.54) is 19.3 Å². The van der Waals surface area contributed by atoms with Crippen molar-refractivity contribution in [3.05, 3.63) is 35.5 Å². The molecule has 1 saturated carbocycles. The SMILES string of the molecule is IC1CCC2CC3C=CC=C3C=C12. The average molecular weight is 284 g/mol. The molecule has 13 heavy (non-hydrogen) atoms. The van der Waals surface area contributed by atoms with Crippen LogP contribution in [0.2, 0.25) is 0 Å². The van der Waals surface area contributed by atoms with E-state index in [-0.39, 0.29) is 0 Å². The monoisotopic (exact) mass is 284 g/mol. The Morgan fingerprint density at radius 1 is 1.31 bits per heavy atom. The summed E-state index contributed by atoms with van der Waals surface area (Å²) in [5, 5.41) is 0. The molecule has 0 saturated heterocycles. The minimum absolute atomic E-state index is 0.760. The highest BCUT2D eigenvalue weighted by Gasteiger charge is 2.34. The summed E-state index contributed by atoms with van der Waals surface area (Å²) in [6.45, 7) is 0. The number of hydrogen-bond donors (Lipinski definition) is 0. The van der Waals surface area contributed by atoms with Crippen LogP contribution in [0.5, 0.6) is 0 Å². The van der Waals surface area contributed by atoms with Crippen LogP contribution in [-0.2, 0) is 0 Å². The van der Waals surface area contributed by atoms with Crippen molar-refractivity contribution in [3.63, 3.8) is 0 Å². The molecule has 0 N–H and O–H groups in total. The van der Waals surface area contributed by atoms with E-state index < -0.39 is 0 Å². The normalized spacial score (nSPS) is 41.2. The van der Waals surface area contributed by atoms with Gasteiger partial charge in [-0.2, -0.15) is 0 Å². The van der Waals surface area contributed by atoms with E-state index in [9.17, 15) is 0 Å². The van der Waals surface area contributed by atoms with Crippen molar-refractivity contribution >= 4 is 22.6 Å². The van der Waals surface area contributed by atoms with E-state index >= 15 is 0 Å². The maximum absolute atomic E-state index is 2.60. The van der Waals surface area contributed by atoms with Crippen molar-refractivity contribution in [3.8, 4) is 0 Å². The summed E-state index contributed by atoms with van der Waals surface area (Å²) in [4.78, 5) is 0. The van der Waals surface area contributed by atoms with Gasteiger partial charge in [0.15, 0.2) is 0 Å². The Labute approximate surface area is 92.9 Å². The molecule has 3 rings (SSSR count). The number of hydrogen-bond acceptors (Lipinski definition) is 0. The fourth-order valence-corrected chi connectivity index (χ4v) is 3.85. The van der Waals surface area contributed by atoms with E-state index in [1.807, 2.05) is 0 Å². The lowest BCUT2D eigenvalue weighted by Gasteiger charge is -2.25. The van der Waals surface area contributed by atoms with Crippen LogP contribution in [0.15, 0.2) is 35.5 Å². The highest BCUT2D eigenvalue weighted by Crippen LogP contribution is 2.46. The molecule has 0 bridgehead atoms. The van der Waals surface area contributed by atoms with E-state index in [0.717, 1.165) is 15.8 Å². The van der Waals surface area contributed by atoms with Crippen LogP contribution in [0.4, 0.5) is 0 Å². The van der Waals surface area contributed by atoms with Crippen LogP contribution in [0.1, 0.15) is 19.3 Å². The van der Waals surface area contributed by atoms with Crippen molar-refractivity contribution in [2.75, 3.05) is 0 Å². The van der Waals surface area contributed by atoms with Gasteiger partial charge in [-0.3, -0.25) is 0 Å². The molecular weight excluding hydrogens is 271 g/mol. The van der Waals surface area contributed by atoms with E-state index in [4.69, 9.17) is 0 Å². The topological polar surface area (TPSA) is 0 Å². The molecule has 0 aliphatic heterocycles. The van der Waals surface area contributed by atoms with Gasteiger partial charge in [0, 0.05) is 9.84 Å². The van der Waals surface area contributed by atoms with Crippen molar-refractivity contribution < 1.29 is 0 Å². The lowest BCUT2D eigenvalue weighted by atomic mass is 9.81. The van der Waals surface area contributed by atoms with Crippen LogP contribution in [0, 0.1) is 11.8 Å². The van der Waals surface area contributed by atoms with Gasteiger partial charge in [0.05, 0.1) is 0 Å². The molecule has 0 spiro atoms. The van der Waals surface area contributed by atoms with Crippen LogP contribution in [0.25, 0.3) is 0 Å². The average Bonchev–Trinajstić information content (AvgIpc) is 2.70. The molecule has 0 radical (unpaired) electrons. The summed E-state index contributed by atoms with van der Waals surface area (Å²) in [7, 11) is 0. The summed E-state index contributed by atoms with van der Waals surface area (Å²) in [5.41, 5.74) is 3.29. The zero-order valence-corrected chi connectivity index (χ0v) is 9.70. The Balaban J connectivity index is 1.99. The summed E-state index contributed by atoms with van der Waals surface area (Å²) in [6, 6.07) is 0. The summed E-state index contributed by atoms with van der Waals surface area (Å²) >= 11 is 2.60. The van der Waals surface area contributed by atoms with Crippen molar-refractivity contribution in [2.24, 2.45) is 11.8 Å². The van der Waals surface area contributed by atoms with Gasteiger partial charge in [-0.05, 0) is 30.8 Å². The van der Waals surface area contributed by atoms with Crippen LogP contribution < -0.4 is 0 Å². The Morgan fingerprint density at radius 3 is 3.15 bits per heavy atom. The molecule has 0 aromatic rings. The fourth-order valence-electron chi connectivity index (χ4n) is 2.80. The Hall–Kier alpha value is -0.0500. The molecule has 3 aliphatic rings. The molecule has 3 atom stereocenters. The molecule has 1 fully saturated rings. The van der Waals surface area contributed by atoms with Crippen LogP contribution in [0.3, 0.4) is 0 Å². The second kappa shape index (κ2) is 2.97. The maximum atomic E-state index is 2.60. The number of allylic oxidation sites excluding steroid dienone is 6. The molecule has 3 unspecified atom stereocenters. The summed E-state index contributed by atoms with van der Waals surface area (Å²) in [5.74, 6) is 1.67. The third-order valence-corrected chi connectivity index (χ3v) is 4.88. The molecule has 0 aromatic carbocycles. The Morgan fingerprint density at radius 2 is 2.23 bits per heavy atom. The van der Waals surface area contributed by atoms with Gasteiger partial charge in [-0.1, -0.05) is 52.5 Å². The third-order valence-electron chi connectivity index (χ3n) is 3.53. The Kier molecular flexibility index (Phi) is 1.89. The second-order valence-corrected chi connectivity index (χ2v) is 5.78. The minimum Gasteiger partial charge on any atom is -0.0778 e. The van der Waals surface area contributed by atoms with E-state index in [1.54, 1.807) is 11.1 Å². The minimum atomic E-state index is 0.760. The van der Waals surface area contributed by atoms with E-state index in [2.05, 4.69) is 46.9 Å². The van der Waals surface area contributed by atoms with Gasteiger partial charge in [0.1, 0.15) is 0 Å². The first-order chi connectivity index (χ1) is 6.34. The highest BCUT2D eigenvalue weighted by molar-refractivity contribution is 14.1. The lowest BCUT2D eigenvalue weighted by Crippen LogP contribution is -2.13. The number of rotatable bonds is 0. The van der Waals surface area contributed by atoms with Crippen molar-refractivity contribution in [1.29, 1.82) is 0 Å². The van der Waals surface area contributed by atoms with Gasteiger partial charge in [-0.25, -0.2) is 0 Å². The van der Waals surface area contributed by atoms with Crippen molar-refractivity contribution in [2.45, 2.75) is 23.2 Å². The van der Waals surface area contributed by atoms with Gasteiger partial charge in [0.2, 0.25) is 0 Å². The molecular formula is C12H13I. The quantitative estimate of drug-likeness (QED) is 0.470. The van der Waals surface area contributed by atoms with Crippen LogP contribution >= 0.6 is 22.6 Å². The maximum Gasteiger partial charge on any atom is 0.0324 e. The zero-order valence-electron chi connectivity index (χ0n) is 7.54. The standard InChI is InChI=1S/C12H13I/c13-12-5-4-10-6-8-2-1-3-9(8)7-11(10)12/h1-3,7-8,10,12H,4-6H2. The van der Waals surface area contributed by atoms with Gasteiger partial charge >= 0.3 is 0 Å². The fraction of sp³-hybridized carbons (Fsp3) is 0.500. The first-order valence-corrected chi connectivity index (χ1v) is 6.33. The number of fused-ring (bicyclic) bond motifs is 2. The van der Waals surface area contributed by atoms with Crippen molar-refractivity contribution in [1.82, 2.24) is 0 Å². The predicted octanol–water partition coefficient (Wildman–Crippen LogP) is 3.64. The third kappa shape index (κ3) is 1.24. The largest absolute Gasteiger partial charge is 0.0778 e. The van der Waals surface area contributed by atoms with Gasteiger partial charge in [-0.15, -0.1) is 0 Å². The van der Waals surface area contributed by atoms with Crippen LogP contribution in [-0.4, -0.2) is 3.92 Å². The first kappa shape index (κ1) is 8.27. The molecule has 68 valence electrons. The number of alkyl halides is 1. The van der Waals surface area contributed by atoms with E-state index in [0.29, 0.717) is 0 Å². The number of halogens is 1. The zero-order chi connectivity index (χ0) is 8.84. The van der Waals surface area contributed by atoms with Gasteiger partial charge in [0.25, 0.3) is 0 Å². The first-order valence-electron chi connectivity index (χ1n) is 5.08. The molecule has 0 aromatic heterocycles.